The zero-order valence-electron chi connectivity index (χ0n) is 9.99. The van der Waals surface area contributed by atoms with E-state index in [1.165, 1.54) is 17.4 Å². The van der Waals surface area contributed by atoms with Crippen LogP contribution in [0.4, 0.5) is 0 Å². The van der Waals surface area contributed by atoms with E-state index in [0.29, 0.717) is 30.4 Å². The van der Waals surface area contributed by atoms with Gasteiger partial charge in [0, 0.05) is 30.7 Å². The molecule has 0 unspecified atom stereocenters. The van der Waals surface area contributed by atoms with Gasteiger partial charge in [-0.2, -0.15) is 0 Å². The van der Waals surface area contributed by atoms with Crippen LogP contribution in [0.1, 0.15) is 12.1 Å². The summed E-state index contributed by atoms with van der Waals surface area (Å²) in [5.41, 5.74) is 0.700. The highest BCUT2D eigenvalue weighted by atomic mass is 35.5. The summed E-state index contributed by atoms with van der Waals surface area (Å²) in [5.74, 6) is -0.113. The molecule has 2 aromatic heterocycles. The number of halogens is 1. The van der Waals surface area contributed by atoms with Gasteiger partial charge in [-0.1, -0.05) is 11.6 Å². The molecule has 0 saturated carbocycles. The lowest BCUT2D eigenvalue weighted by molar-refractivity contribution is -0.125. The molecule has 1 N–H and O–H groups in total. The van der Waals surface area contributed by atoms with Crippen molar-refractivity contribution in [3.63, 3.8) is 0 Å². The average molecular weight is 298 g/mol. The molecule has 5 nitrogen and oxygen atoms in total. The van der Waals surface area contributed by atoms with Crippen molar-refractivity contribution in [2.24, 2.45) is 0 Å². The standard InChI is InChI=1S/C12H12ClN3O2S/c13-11-9(16-5-6-19-12(16)14-11)1-2-10(18)15-4-3-8(17)7-15/h1-2,5-6,8,17H,3-4,7H2/t8-/m0/s1. The molecule has 0 spiro atoms. The first-order valence-electron chi connectivity index (χ1n) is 5.91. The topological polar surface area (TPSA) is 57.8 Å². The zero-order valence-corrected chi connectivity index (χ0v) is 11.6. The zero-order chi connectivity index (χ0) is 13.4. The molecule has 7 heteroatoms. The van der Waals surface area contributed by atoms with Gasteiger partial charge in [0.1, 0.15) is 0 Å². The van der Waals surface area contributed by atoms with E-state index in [-0.39, 0.29) is 5.91 Å². The van der Waals surface area contributed by atoms with Crippen LogP contribution in [0.15, 0.2) is 17.7 Å². The van der Waals surface area contributed by atoms with Crippen LogP contribution in [0.2, 0.25) is 5.15 Å². The maximum Gasteiger partial charge on any atom is 0.246 e. The van der Waals surface area contributed by atoms with Gasteiger partial charge < -0.3 is 10.0 Å². The van der Waals surface area contributed by atoms with E-state index in [4.69, 9.17) is 11.6 Å². The minimum atomic E-state index is -0.403. The highest BCUT2D eigenvalue weighted by Crippen LogP contribution is 2.22. The Balaban J connectivity index is 1.80. The monoisotopic (exact) mass is 297 g/mol. The number of rotatable bonds is 2. The summed E-state index contributed by atoms with van der Waals surface area (Å²) in [6, 6.07) is 0. The third kappa shape index (κ3) is 2.39. The normalized spacial score (nSPS) is 19.9. The minimum Gasteiger partial charge on any atom is -0.391 e. The quantitative estimate of drug-likeness (QED) is 0.858. The van der Waals surface area contributed by atoms with Gasteiger partial charge in [-0.05, 0) is 12.5 Å². The molecule has 1 fully saturated rings. The molecule has 1 atom stereocenters. The Morgan fingerprint density at radius 2 is 2.47 bits per heavy atom. The molecule has 0 aliphatic carbocycles. The molecule has 0 bridgehead atoms. The number of thiazole rings is 1. The van der Waals surface area contributed by atoms with Gasteiger partial charge in [-0.3, -0.25) is 9.20 Å². The van der Waals surface area contributed by atoms with Crippen molar-refractivity contribution < 1.29 is 9.90 Å². The Hall–Kier alpha value is -1.37. The summed E-state index contributed by atoms with van der Waals surface area (Å²) >= 11 is 7.52. The second-order valence-corrected chi connectivity index (χ2v) is 5.63. The Kier molecular flexibility index (Phi) is 3.30. The molecule has 3 rings (SSSR count). The SMILES string of the molecule is O=C(C=Cc1c(Cl)nc2sccn12)N1CC[C@H](O)C1. The summed E-state index contributed by atoms with van der Waals surface area (Å²) in [4.78, 5) is 18.5. The number of likely N-dealkylation sites (tertiary alicyclic amines) is 1. The fourth-order valence-electron chi connectivity index (χ4n) is 2.12. The van der Waals surface area contributed by atoms with Crippen molar-refractivity contribution in [2.75, 3.05) is 13.1 Å². The lowest BCUT2D eigenvalue weighted by atomic mass is 10.3. The second-order valence-electron chi connectivity index (χ2n) is 4.40. The second kappa shape index (κ2) is 4.96. The number of fused-ring (bicyclic) bond motifs is 1. The molecule has 2 aromatic rings. The van der Waals surface area contributed by atoms with Crippen molar-refractivity contribution in [1.82, 2.24) is 14.3 Å². The molecule has 1 aliphatic rings. The number of carbonyl (C=O) groups excluding carboxylic acids is 1. The van der Waals surface area contributed by atoms with Crippen LogP contribution >= 0.6 is 22.9 Å². The maximum absolute atomic E-state index is 11.9. The van der Waals surface area contributed by atoms with Crippen molar-refractivity contribution in [1.29, 1.82) is 0 Å². The van der Waals surface area contributed by atoms with Crippen LogP contribution < -0.4 is 0 Å². The van der Waals surface area contributed by atoms with Gasteiger partial charge in [0.15, 0.2) is 10.1 Å². The maximum atomic E-state index is 11.9. The molecule has 0 aromatic carbocycles. The molecule has 1 aliphatic heterocycles. The number of amides is 1. The fourth-order valence-corrected chi connectivity index (χ4v) is 3.13. The van der Waals surface area contributed by atoms with E-state index < -0.39 is 6.10 Å². The Bertz CT molecular complexity index is 648. The van der Waals surface area contributed by atoms with Gasteiger partial charge in [-0.25, -0.2) is 4.98 Å². The van der Waals surface area contributed by atoms with E-state index >= 15 is 0 Å². The predicted octanol–water partition coefficient (Wildman–Crippen LogP) is 1.66. The summed E-state index contributed by atoms with van der Waals surface area (Å²) in [5, 5.41) is 11.7. The van der Waals surface area contributed by atoms with Gasteiger partial charge in [0.05, 0.1) is 11.8 Å². The number of hydrogen-bond acceptors (Lipinski definition) is 4. The highest BCUT2D eigenvalue weighted by Gasteiger charge is 2.23. The molecule has 3 heterocycles. The third-order valence-electron chi connectivity index (χ3n) is 3.11. The van der Waals surface area contributed by atoms with Crippen LogP contribution in [-0.2, 0) is 4.79 Å². The molecule has 19 heavy (non-hydrogen) atoms. The largest absolute Gasteiger partial charge is 0.391 e. The number of aliphatic hydroxyl groups excluding tert-OH is 1. The summed E-state index contributed by atoms with van der Waals surface area (Å²) in [6.07, 6.45) is 5.25. The predicted molar refractivity (Wildman–Crippen MR) is 74.3 cm³/mol. The van der Waals surface area contributed by atoms with Crippen molar-refractivity contribution >= 4 is 39.9 Å². The fraction of sp³-hybridized carbons (Fsp3) is 0.333. The van der Waals surface area contributed by atoms with Gasteiger partial charge >= 0.3 is 0 Å². The van der Waals surface area contributed by atoms with Gasteiger partial charge in [0.25, 0.3) is 0 Å². The van der Waals surface area contributed by atoms with Gasteiger partial charge in [0.2, 0.25) is 5.91 Å². The number of nitrogens with zero attached hydrogens (tertiary/aromatic N) is 3. The Labute approximate surface area is 118 Å². The Morgan fingerprint density at radius 3 is 3.21 bits per heavy atom. The van der Waals surface area contributed by atoms with E-state index in [2.05, 4.69) is 4.98 Å². The summed E-state index contributed by atoms with van der Waals surface area (Å²) in [6.45, 7) is 0.996. The van der Waals surface area contributed by atoms with E-state index in [1.54, 1.807) is 11.0 Å². The lowest BCUT2D eigenvalue weighted by Crippen LogP contribution is -2.27. The first kappa shape index (κ1) is 12.7. The van der Waals surface area contributed by atoms with Crippen LogP contribution in [0, 0.1) is 0 Å². The molecule has 1 saturated heterocycles. The molecule has 100 valence electrons. The smallest absolute Gasteiger partial charge is 0.246 e. The van der Waals surface area contributed by atoms with E-state index in [1.807, 2.05) is 16.0 Å². The number of carbonyl (C=O) groups is 1. The number of aromatic nitrogens is 2. The third-order valence-corrected chi connectivity index (χ3v) is 4.15. The number of hydrogen-bond donors (Lipinski definition) is 1. The molecule has 1 amide bonds. The van der Waals surface area contributed by atoms with Crippen LogP contribution in [0.3, 0.4) is 0 Å². The average Bonchev–Trinajstić information content (AvgIpc) is 3.03. The van der Waals surface area contributed by atoms with E-state index in [0.717, 1.165) is 4.96 Å². The van der Waals surface area contributed by atoms with Crippen LogP contribution in [0.5, 0.6) is 0 Å². The van der Waals surface area contributed by atoms with Crippen molar-refractivity contribution in [2.45, 2.75) is 12.5 Å². The minimum absolute atomic E-state index is 0.113. The first-order valence-corrected chi connectivity index (χ1v) is 7.17. The molecular weight excluding hydrogens is 286 g/mol. The Morgan fingerprint density at radius 1 is 1.63 bits per heavy atom. The lowest BCUT2D eigenvalue weighted by Gasteiger charge is -2.12. The van der Waals surface area contributed by atoms with Crippen LogP contribution in [0.25, 0.3) is 11.0 Å². The van der Waals surface area contributed by atoms with Crippen molar-refractivity contribution in [3.05, 3.63) is 28.5 Å². The molecule has 0 radical (unpaired) electrons. The number of aliphatic hydroxyl groups is 1. The number of β-amino-alcohol motifs (C(OH)–C–C–N with tert-alkyl or cyclic N) is 1. The number of imidazole rings is 1. The van der Waals surface area contributed by atoms with Crippen LogP contribution in [-0.4, -0.2) is 44.5 Å². The first-order chi connectivity index (χ1) is 9.15. The highest BCUT2D eigenvalue weighted by molar-refractivity contribution is 7.15. The van der Waals surface area contributed by atoms with Gasteiger partial charge in [-0.15, -0.1) is 11.3 Å². The van der Waals surface area contributed by atoms with Crippen molar-refractivity contribution in [3.8, 4) is 0 Å². The summed E-state index contributed by atoms with van der Waals surface area (Å²) < 4.78 is 1.84. The van der Waals surface area contributed by atoms with E-state index in [9.17, 15) is 9.90 Å². The summed E-state index contributed by atoms with van der Waals surface area (Å²) in [7, 11) is 0. The molecular formula is C12H12ClN3O2S.